The molecular formula is C119H144F4N8O5. The molecule has 7 saturated carbocycles. The third-order valence-corrected chi connectivity index (χ3v) is 34.8. The van der Waals surface area contributed by atoms with Gasteiger partial charge in [-0.3, -0.25) is 39.1 Å². The van der Waals surface area contributed by atoms with Crippen LogP contribution in [-0.2, 0) is 19.2 Å². The van der Waals surface area contributed by atoms with Crippen molar-refractivity contribution >= 4 is 83.9 Å². The molecule has 7 aromatic carbocycles. The van der Waals surface area contributed by atoms with E-state index in [1.807, 2.05) is 43.0 Å². The van der Waals surface area contributed by atoms with Crippen LogP contribution in [0.1, 0.15) is 279 Å². The van der Waals surface area contributed by atoms with Crippen molar-refractivity contribution in [2.24, 2.45) is 70.0 Å². The van der Waals surface area contributed by atoms with E-state index in [9.17, 15) is 36.7 Å². The largest absolute Gasteiger partial charge is 0.497 e. The minimum atomic E-state index is -0.202. The maximum atomic E-state index is 13.9. The summed E-state index contributed by atoms with van der Waals surface area (Å²) in [4.78, 5) is 79.6. The zero-order valence-electron chi connectivity index (χ0n) is 81.6. The topological polar surface area (TPSA) is 142 Å². The standard InChI is InChI=1S/C31H37FN2O2.C31H37FN2O.C29H34FN3O.C28H36FNO/c1-21(19-31(35)24-14-17-34(18-15-24)26-8-10-27(36-2)11-9-26)22-3-5-23(6-4-22)28-13-16-33-30-12-7-25(32)20-29(28)30;1-21-3-10-27(11-4-21)34-17-14-25(15-18-34)31(35)19-22(2)23-5-7-24(8-6-23)28-13-16-33-30-12-9-26(32)20-29(28)30;1-21(19-29(34)33-17-15-32(16-18-33)25-5-3-2-4-6-25)22-7-9-23(10-8-22)26-13-14-31-28-12-11-24(30)20-27(26)28;1-19(17-26(31)28-13-10-27(2,11-14-28)12-15-28)20-3-5-21(6-4-20)23-9-16-30-25-8-7-22(29)18-24(23)25/h7-13,16,20-24H,3-6,14-15,17-19H2,1-2H3;3-4,9-13,16,20,22-25H,5-8,14-15,17-19H2,1-2H3;2-6,11-14,20-23H,7-10,15-19H2,1H3;7-9,16,18-21H,3-6,10-15,17H2,1-2H3/t21-,22?,23?;22-,23?,24?;21-,22?,23?;19-,20?,21?,27?,28?/m0000/s1. The number of anilines is 3. The number of carbonyl (C=O) groups excluding carboxylic acids is 4. The third kappa shape index (κ3) is 23.6. The molecule has 11 aromatic rings. The van der Waals surface area contributed by atoms with Crippen molar-refractivity contribution in [3.63, 3.8) is 0 Å². The maximum absolute atomic E-state index is 13.9. The number of hydrogen-bond acceptors (Lipinski definition) is 12. The summed E-state index contributed by atoms with van der Waals surface area (Å²) in [7, 11) is 1.68. The fourth-order valence-corrected chi connectivity index (χ4v) is 25.6. The number of hydrogen-bond donors (Lipinski definition) is 0. The van der Waals surface area contributed by atoms with Crippen molar-refractivity contribution in [3.05, 3.63) is 252 Å². The molecule has 4 atom stereocenters. The number of para-hydroxylation sites is 1. The second-order valence-electron chi connectivity index (χ2n) is 43.1. The van der Waals surface area contributed by atoms with Crippen LogP contribution in [0, 0.1) is 100 Å². The van der Waals surface area contributed by atoms with Gasteiger partial charge in [0.15, 0.2) is 0 Å². The van der Waals surface area contributed by atoms with Crippen molar-refractivity contribution < 1.29 is 41.5 Å². The fraction of sp³-hybridized carbons (Fsp3) is 0.513. The van der Waals surface area contributed by atoms with E-state index in [-0.39, 0.29) is 40.5 Å². The maximum Gasteiger partial charge on any atom is 0.222 e. The number of methoxy groups -OCH3 is 1. The fourth-order valence-electron chi connectivity index (χ4n) is 25.6. The van der Waals surface area contributed by atoms with Crippen LogP contribution in [-0.4, -0.2) is 108 Å². The van der Waals surface area contributed by atoms with Crippen molar-refractivity contribution in [1.82, 2.24) is 24.8 Å². The van der Waals surface area contributed by atoms with Crippen LogP contribution < -0.4 is 19.4 Å². The lowest BCUT2D eigenvalue weighted by atomic mass is 9.52. The van der Waals surface area contributed by atoms with Crippen molar-refractivity contribution in [1.29, 1.82) is 0 Å². The highest BCUT2D eigenvalue weighted by Gasteiger charge is 2.50. The number of carbonyl (C=O) groups is 4. The predicted octanol–water partition coefficient (Wildman–Crippen LogP) is 28.3. The smallest absolute Gasteiger partial charge is 0.222 e. The second-order valence-corrected chi connectivity index (χ2v) is 43.1. The van der Waals surface area contributed by atoms with Gasteiger partial charge < -0.3 is 24.3 Å². The van der Waals surface area contributed by atoms with Gasteiger partial charge in [0.2, 0.25) is 5.91 Å². The van der Waals surface area contributed by atoms with Crippen molar-refractivity contribution in [3.8, 4) is 5.75 Å². The summed E-state index contributed by atoms with van der Waals surface area (Å²) in [5.41, 5.74) is 14.0. The molecule has 0 radical (unpaired) electrons. The number of aryl methyl sites for hydroxylation is 1. The monoisotopic (exact) mass is 1840 g/mol. The van der Waals surface area contributed by atoms with Crippen molar-refractivity contribution in [2.45, 2.75) is 258 Å². The van der Waals surface area contributed by atoms with Crippen LogP contribution in [0.2, 0.25) is 0 Å². The minimum Gasteiger partial charge on any atom is -0.497 e. The lowest BCUT2D eigenvalue weighted by molar-refractivity contribution is -0.139. The Bertz CT molecular complexity index is 5840. The molecule has 0 N–H and O–H groups in total. The second kappa shape index (κ2) is 44.6. The highest BCUT2D eigenvalue weighted by Crippen LogP contribution is 2.58. The number of piperidine rings is 2. The third-order valence-electron chi connectivity index (χ3n) is 34.8. The molecule has 10 fully saturated rings. The Morgan fingerprint density at radius 1 is 0.353 bits per heavy atom. The van der Waals surface area contributed by atoms with Gasteiger partial charge in [-0.25, -0.2) is 17.6 Å². The van der Waals surface area contributed by atoms with E-state index < -0.39 is 0 Å². The van der Waals surface area contributed by atoms with E-state index in [1.165, 1.54) is 101 Å². The first-order chi connectivity index (χ1) is 65.9. The van der Waals surface area contributed by atoms with Crippen LogP contribution >= 0.6 is 0 Å². The van der Waals surface area contributed by atoms with Gasteiger partial charge in [-0.2, -0.15) is 0 Å². The molecule has 1 amide bonds. The summed E-state index contributed by atoms with van der Waals surface area (Å²) < 4.78 is 60.8. The summed E-state index contributed by atoms with van der Waals surface area (Å²) in [5, 5.41) is 3.82. The zero-order valence-corrected chi connectivity index (χ0v) is 81.6. The van der Waals surface area contributed by atoms with E-state index >= 15 is 0 Å². The predicted molar refractivity (Wildman–Crippen MR) is 543 cm³/mol. The van der Waals surface area contributed by atoms with Gasteiger partial charge in [0.25, 0.3) is 0 Å². The van der Waals surface area contributed by atoms with E-state index in [2.05, 4.69) is 166 Å². The summed E-state index contributed by atoms with van der Waals surface area (Å²) in [6.07, 6.45) is 39.2. The van der Waals surface area contributed by atoms with Gasteiger partial charge in [0.05, 0.1) is 29.2 Å². The van der Waals surface area contributed by atoms with Gasteiger partial charge in [-0.1, -0.05) is 70.5 Å². The molecule has 3 saturated heterocycles. The molecule has 7 heterocycles. The van der Waals surface area contributed by atoms with Crippen LogP contribution in [0.4, 0.5) is 34.6 Å². The van der Waals surface area contributed by atoms with Crippen LogP contribution in [0.3, 0.4) is 0 Å². The Morgan fingerprint density at radius 2 is 0.662 bits per heavy atom. The highest BCUT2D eigenvalue weighted by atomic mass is 19.1. The van der Waals surface area contributed by atoms with Crippen LogP contribution in [0.25, 0.3) is 43.6 Å². The van der Waals surface area contributed by atoms with Gasteiger partial charge >= 0.3 is 0 Å². The SMILES string of the molecule is COc1ccc(N2CCC(C(=O)C[C@H](C)C3CCC(c4ccnc5ccc(F)cc45)CC3)CC2)cc1.C[C@@H](CC(=O)C12CCC(C)(CC1)CC2)C1CCC(c2ccnc3ccc(F)cc23)CC1.C[C@@H](CC(=O)N1CCN(c2ccccc2)CC1)C1CCC(c2ccnc3ccc(F)cc23)CC1.Cc1ccc(N2CCC(C(=O)C[C@H](C)C3CCC(c4ccnc5ccc(F)cc45)CC3)CC2)cc1. The van der Waals surface area contributed by atoms with Crippen molar-refractivity contribution in [2.75, 3.05) is 74.2 Å². The number of nitrogens with zero attached hydrogens (tertiary/aromatic N) is 8. The molecule has 7 aliphatic carbocycles. The number of pyridine rings is 4. The summed E-state index contributed by atoms with van der Waals surface area (Å²) in [6, 6.07) is 55.2. The van der Waals surface area contributed by atoms with E-state index in [0.29, 0.717) is 119 Å². The average molecular weight is 1840 g/mol. The van der Waals surface area contributed by atoms with E-state index in [1.54, 1.807) is 55.6 Å². The number of benzene rings is 7. The summed E-state index contributed by atoms with van der Waals surface area (Å²) in [5.74, 6) is 8.24. The molecule has 136 heavy (non-hydrogen) atoms. The zero-order chi connectivity index (χ0) is 94.6. The first kappa shape index (κ1) is 97.2. The first-order valence-electron chi connectivity index (χ1n) is 52.0. The van der Waals surface area contributed by atoms with E-state index in [4.69, 9.17) is 4.74 Å². The molecule has 3 aliphatic heterocycles. The molecule has 21 rings (SSSR count). The Morgan fingerprint density at radius 3 is 1.00 bits per heavy atom. The summed E-state index contributed by atoms with van der Waals surface area (Å²) in [6.45, 7) is 20.9. The lowest BCUT2D eigenvalue weighted by Crippen LogP contribution is -2.49. The van der Waals surface area contributed by atoms with Gasteiger partial charge in [-0.05, 0) is 418 Å². The molecule has 13 nitrogen and oxygen atoms in total. The molecule has 17 heteroatoms. The number of amides is 1. The summed E-state index contributed by atoms with van der Waals surface area (Å²) >= 11 is 0. The lowest BCUT2D eigenvalue weighted by Gasteiger charge is -2.51. The Hall–Kier alpha value is -10.4. The number of ether oxygens (including phenoxy) is 1. The van der Waals surface area contributed by atoms with Gasteiger partial charge in [0, 0.05) is 159 Å². The molecule has 4 aromatic heterocycles. The van der Waals surface area contributed by atoms with Gasteiger partial charge in [-0.15, -0.1) is 0 Å². The molecule has 10 aliphatic rings. The molecular weight excluding hydrogens is 1700 g/mol. The Kier molecular flexibility index (Phi) is 31.9. The Labute approximate surface area is 805 Å². The average Bonchev–Trinajstić information content (AvgIpc) is 0.756. The molecule has 0 unspecified atom stereocenters. The molecule has 718 valence electrons. The quantitative estimate of drug-likeness (QED) is 0.0563. The first-order valence-corrected chi connectivity index (χ1v) is 52.0. The highest BCUT2D eigenvalue weighted by molar-refractivity contribution is 5.88. The number of Topliss-reactive ketones (excluding diaryl/α,β-unsaturated/α-hetero) is 3. The molecule has 0 spiro atoms. The van der Waals surface area contributed by atoms with E-state index in [0.717, 1.165) is 243 Å². The van der Waals surface area contributed by atoms with Crippen LogP contribution in [0.15, 0.2) is 201 Å². The number of piperazine rings is 1. The number of ketones is 3. The normalized spacial score (nSPS) is 24.8. The Balaban J connectivity index is 0.000000126. The number of rotatable bonds is 23. The number of fused-ring (bicyclic) bond motifs is 7. The van der Waals surface area contributed by atoms with Crippen LogP contribution in [0.5, 0.6) is 5.75 Å². The number of aromatic nitrogens is 4. The number of halogens is 4. The molecule has 2 bridgehead atoms. The van der Waals surface area contributed by atoms with Gasteiger partial charge in [0.1, 0.15) is 46.4 Å². The minimum absolute atomic E-state index is 0.0171.